The van der Waals surface area contributed by atoms with Crippen molar-refractivity contribution in [2.45, 2.75) is 63.5 Å². The first-order valence-electron chi connectivity index (χ1n) is 10.5. The monoisotopic (exact) mass is 363 g/mol. The van der Waals surface area contributed by atoms with Crippen LogP contribution in [0, 0.1) is 11.8 Å². The van der Waals surface area contributed by atoms with Crippen molar-refractivity contribution in [1.29, 1.82) is 0 Å². The number of aliphatic imine (C=N–C) groups is 1. The van der Waals surface area contributed by atoms with E-state index in [1.165, 1.54) is 32.1 Å². The molecule has 0 radical (unpaired) electrons. The van der Waals surface area contributed by atoms with E-state index in [2.05, 4.69) is 39.5 Å². The summed E-state index contributed by atoms with van der Waals surface area (Å²) in [7, 11) is 6.15. The molecule has 26 heavy (non-hydrogen) atoms. The highest BCUT2D eigenvalue weighted by Crippen LogP contribution is 2.34. The van der Waals surface area contributed by atoms with Crippen molar-refractivity contribution in [1.82, 2.24) is 20.4 Å². The average molecular weight is 364 g/mol. The molecule has 2 unspecified atom stereocenters. The Kier molecular flexibility index (Phi) is 6.79. The van der Waals surface area contributed by atoms with Crippen molar-refractivity contribution in [2.24, 2.45) is 16.8 Å². The molecule has 0 spiro atoms. The Balaban J connectivity index is 1.43. The lowest BCUT2D eigenvalue weighted by atomic mass is 9.88. The van der Waals surface area contributed by atoms with E-state index in [1.807, 2.05) is 7.05 Å². The quantitative estimate of drug-likeness (QED) is 0.557. The molecule has 3 rings (SSSR count). The van der Waals surface area contributed by atoms with Gasteiger partial charge in [0, 0.05) is 44.7 Å². The van der Waals surface area contributed by atoms with Gasteiger partial charge in [-0.25, -0.2) is 0 Å². The molecule has 3 aliphatic rings. The molecule has 0 aromatic carbocycles. The van der Waals surface area contributed by atoms with E-state index in [0.717, 1.165) is 50.8 Å². The lowest BCUT2D eigenvalue weighted by Gasteiger charge is -2.27. The number of guanidine groups is 1. The second-order valence-electron chi connectivity index (χ2n) is 8.57. The van der Waals surface area contributed by atoms with Crippen LogP contribution >= 0.6 is 0 Å². The van der Waals surface area contributed by atoms with Gasteiger partial charge in [-0.2, -0.15) is 0 Å². The third-order valence-electron chi connectivity index (χ3n) is 6.33. The van der Waals surface area contributed by atoms with Gasteiger partial charge >= 0.3 is 0 Å². The molecule has 1 saturated heterocycles. The minimum atomic E-state index is 0.277. The van der Waals surface area contributed by atoms with Crippen LogP contribution in [0.25, 0.3) is 0 Å². The summed E-state index contributed by atoms with van der Waals surface area (Å²) < 4.78 is 0. The normalized spacial score (nSPS) is 26.2. The largest absolute Gasteiger partial charge is 0.355 e. The van der Waals surface area contributed by atoms with Gasteiger partial charge in [-0.05, 0) is 52.1 Å². The maximum absolute atomic E-state index is 12.7. The number of amides is 1. The fourth-order valence-electron chi connectivity index (χ4n) is 4.53. The van der Waals surface area contributed by atoms with Gasteiger partial charge in [0.1, 0.15) is 0 Å². The number of carbonyl (C=O) groups is 1. The molecule has 3 fully saturated rings. The molecule has 1 amide bonds. The molecule has 1 heterocycles. The zero-order chi connectivity index (χ0) is 18.5. The lowest BCUT2D eigenvalue weighted by molar-refractivity contribution is -0.135. The molecule has 2 saturated carbocycles. The third-order valence-corrected chi connectivity index (χ3v) is 6.33. The number of hydrogen-bond donors (Lipinski definition) is 2. The van der Waals surface area contributed by atoms with Gasteiger partial charge in [0.05, 0.1) is 0 Å². The molecule has 0 bridgehead atoms. The predicted molar refractivity (Wildman–Crippen MR) is 106 cm³/mol. The molecule has 1 aliphatic heterocycles. The molecule has 148 valence electrons. The van der Waals surface area contributed by atoms with Gasteiger partial charge in [-0.1, -0.05) is 19.3 Å². The number of nitrogens with zero attached hydrogens (tertiary/aromatic N) is 3. The summed E-state index contributed by atoms with van der Waals surface area (Å²) in [5.41, 5.74) is 0. The Bertz CT molecular complexity index is 494. The second kappa shape index (κ2) is 9.07. The standard InChI is InChI=1S/C20H37N5O/c1-21-20(22-13-18(24(2)3)15-9-10-15)23-17-11-12-25(14-17)19(26)16-7-5-4-6-8-16/h15-18H,4-14H2,1-3H3,(H2,21,22,23). The molecule has 6 nitrogen and oxygen atoms in total. The van der Waals surface area contributed by atoms with Crippen molar-refractivity contribution in [2.75, 3.05) is 40.8 Å². The predicted octanol–water partition coefficient (Wildman–Crippen LogP) is 1.67. The lowest BCUT2D eigenvalue weighted by Crippen LogP contribution is -2.49. The molecule has 0 aromatic heterocycles. The smallest absolute Gasteiger partial charge is 0.225 e. The number of likely N-dealkylation sites (tertiary alicyclic amines) is 1. The minimum absolute atomic E-state index is 0.277. The van der Waals surface area contributed by atoms with Crippen molar-refractivity contribution >= 4 is 11.9 Å². The first-order chi connectivity index (χ1) is 12.6. The molecular formula is C20H37N5O. The van der Waals surface area contributed by atoms with Crippen molar-refractivity contribution in [3.05, 3.63) is 0 Å². The van der Waals surface area contributed by atoms with E-state index in [1.54, 1.807) is 0 Å². The zero-order valence-electron chi connectivity index (χ0n) is 16.8. The molecule has 0 aromatic rings. The van der Waals surface area contributed by atoms with Crippen molar-refractivity contribution in [3.8, 4) is 0 Å². The highest BCUT2D eigenvalue weighted by atomic mass is 16.2. The van der Waals surface area contributed by atoms with Gasteiger partial charge < -0.3 is 20.4 Å². The Hall–Kier alpha value is -1.30. The Labute approximate surface area is 158 Å². The summed E-state index contributed by atoms with van der Waals surface area (Å²) in [4.78, 5) is 21.5. The van der Waals surface area contributed by atoms with Gasteiger partial charge in [0.2, 0.25) is 5.91 Å². The molecule has 2 atom stereocenters. The van der Waals surface area contributed by atoms with Gasteiger partial charge in [0.15, 0.2) is 5.96 Å². The van der Waals surface area contributed by atoms with Gasteiger partial charge in [-0.15, -0.1) is 0 Å². The number of nitrogens with one attached hydrogen (secondary N) is 2. The minimum Gasteiger partial charge on any atom is -0.355 e. The Morgan fingerprint density at radius 2 is 1.88 bits per heavy atom. The van der Waals surface area contributed by atoms with E-state index < -0.39 is 0 Å². The summed E-state index contributed by atoms with van der Waals surface area (Å²) >= 11 is 0. The van der Waals surface area contributed by atoms with Crippen LogP contribution < -0.4 is 10.6 Å². The second-order valence-corrected chi connectivity index (χ2v) is 8.57. The van der Waals surface area contributed by atoms with E-state index >= 15 is 0 Å². The molecule has 2 N–H and O–H groups in total. The zero-order valence-corrected chi connectivity index (χ0v) is 16.8. The maximum Gasteiger partial charge on any atom is 0.225 e. The third kappa shape index (κ3) is 5.12. The number of likely N-dealkylation sites (N-methyl/N-ethyl adjacent to an activating group) is 1. The van der Waals surface area contributed by atoms with Gasteiger partial charge in [0.25, 0.3) is 0 Å². The van der Waals surface area contributed by atoms with E-state index in [-0.39, 0.29) is 5.92 Å². The molecular weight excluding hydrogens is 326 g/mol. The summed E-state index contributed by atoms with van der Waals surface area (Å²) in [6.07, 6.45) is 9.61. The van der Waals surface area contributed by atoms with Crippen molar-refractivity contribution < 1.29 is 4.79 Å². The number of rotatable bonds is 6. The summed E-state index contributed by atoms with van der Waals surface area (Å²) in [5, 5.41) is 7.03. The molecule has 2 aliphatic carbocycles. The topological polar surface area (TPSA) is 60.0 Å². The number of hydrogen-bond acceptors (Lipinski definition) is 3. The fraction of sp³-hybridized carbons (Fsp3) is 0.900. The van der Waals surface area contributed by atoms with E-state index in [0.29, 0.717) is 18.0 Å². The first kappa shape index (κ1) is 19.5. The van der Waals surface area contributed by atoms with Crippen LogP contribution in [-0.4, -0.2) is 74.5 Å². The van der Waals surface area contributed by atoms with Crippen LogP contribution in [0.3, 0.4) is 0 Å². The SMILES string of the molecule is CN=C(NCC(C1CC1)N(C)C)NC1CCN(C(=O)C2CCCCC2)C1. The first-order valence-corrected chi connectivity index (χ1v) is 10.5. The van der Waals surface area contributed by atoms with Crippen molar-refractivity contribution in [3.63, 3.8) is 0 Å². The van der Waals surface area contributed by atoms with E-state index in [9.17, 15) is 4.79 Å². The van der Waals surface area contributed by atoms with Crippen LogP contribution in [0.5, 0.6) is 0 Å². The highest BCUT2D eigenvalue weighted by molar-refractivity contribution is 5.81. The average Bonchev–Trinajstić information content (AvgIpc) is 3.38. The highest BCUT2D eigenvalue weighted by Gasteiger charge is 2.34. The number of carbonyl (C=O) groups excluding carboxylic acids is 1. The van der Waals surface area contributed by atoms with Crippen LogP contribution in [0.4, 0.5) is 0 Å². The fourth-order valence-corrected chi connectivity index (χ4v) is 4.53. The van der Waals surface area contributed by atoms with Crippen LogP contribution in [0.15, 0.2) is 4.99 Å². The summed E-state index contributed by atoms with van der Waals surface area (Å²) in [6.45, 7) is 2.62. The molecule has 6 heteroatoms. The maximum atomic E-state index is 12.7. The summed E-state index contributed by atoms with van der Waals surface area (Å²) in [5.74, 6) is 2.36. The Morgan fingerprint density at radius 3 is 2.50 bits per heavy atom. The van der Waals surface area contributed by atoms with Crippen LogP contribution in [0.2, 0.25) is 0 Å². The Morgan fingerprint density at radius 1 is 1.15 bits per heavy atom. The summed E-state index contributed by atoms with van der Waals surface area (Å²) in [6, 6.07) is 0.883. The van der Waals surface area contributed by atoms with E-state index in [4.69, 9.17) is 0 Å². The van der Waals surface area contributed by atoms with Gasteiger partial charge in [-0.3, -0.25) is 9.79 Å². The van der Waals surface area contributed by atoms with Crippen LogP contribution in [0.1, 0.15) is 51.4 Å². The van der Waals surface area contributed by atoms with Crippen LogP contribution in [-0.2, 0) is 4.79 Å².